The van der Waals surface area contributed by atoms with Crippen LogP contribution in [0.2, 0.25) is 0 Å². The maximum atomic E-state index is 10.1. The van der Waals surface area contributed by atoms with Crippen LogP contribution in [0.4, 0.5) is 0 Å². The molecule has 0 radical (unpaired) electrons. The van der Waals surface area contributed by atoms with Crippen molar-refractivity contribution < 1.29 is 4.74 Å². The largest absolute Gasteiger partial charge is 0.363 e. The van der Waals surface area contributed by atoms with Gasteiger partial charge in [0.2, 0.25) is 0 Å². The molecule has 0 saturated carbocycles. The van der Waals surface area contributed by atoms with Crippen LogP contribution in [0.1, 0.15) is 20.8 Å². The molecule has 0 aromatic rings. The first kappa shape index (κ1) is 9.36. The summed E-state index contributed by atoms with van der Waals surface area (Å²) in [6.45, 7) is 5.93. The Hall–Kier alpha value is -0.640. The Bertz CT molecular complexity index is 109. The van der Waals surface area contributed by atoms with E-state index in [1.807, 2.05) is 20.8 Å². The first-order chi connectivity index (χ1) is 4.52. The van der Waals surface area contributed by atoms with Gasteiger partial charge in [0.05, 0.1) is 10.8 Å². The van der Waals surface area contributed by atoms with E-state index in [9.17, 15) is 4.91 Å². The number of methoxy groups -OCH3 is 1. The molecule has 0 bridgehead atoms. The molecule has 0 heterocycles. The standard InChI is InChI=1S/C6H14N2O2/c1-6(2,3)8(7-9)5-10-4/h5H2,1-4H3. The smallest absolute Gasteiger partial charge is 0.138 e. The van der Waals surface area contributed by atoms with Gasteiger partial charge < -0.3 is 4.74 Å². The van der Waals surface area contributed by atoms with Gasteiger partial charge in [-0.1, -0.05) is 0 Å². The van der Waals surface area contributed by atoms with E-state index in [2.05, 4.69) is 5.29 Å². The van der Waals surface area contributed by atoms with Crippen LogP contribution in [-0.4, -0.2) is 24.4 Å². The molecule has 0 fully saturated rings. The monoisotopic (exact) mass is 146 g/mol. The lowest BCUT2D eigenvalue weighted by Crippen LogP contribution is -2.37. The van der Waals surface area contributed by atoms with E-state index in [1.165, 1.54) is 12.1 Å². The average Bonchev–Trinajstić information content (AvgIpc) is 1.80. The number of nitroso groups, excluding NO2 is 1. The Labute approximate surface area is 61.1 Å². The third kappa shape index (κ3) is 2.77. The SMILES string of the molecule is COCN(N=O)C(C)(C)C. The second kappa shape index (κ2) is 3.51. The van der Waals surface area contributed by atoms with Gasteiger partial charge in [0.15, 0.2) is 0 Å². The topological polar surface area (TPSA) is 41.9 Å². The van der Waals surface area contributed by atoms with Crippen molar-refractivity contribution in [1.29, 1.82) is 0 Å². The molecule has 0 aromatic heterocycles. The van der Waals surface area contributed by atoms with Crippen molar-refractivity contribution in [3.05, 3.63) is 4.91 Å². The van der Waals surface area contributed by atoms with E-state index in [0.29, 0.717) is 0 Å². The molecule has 0 aliphatic rings. The van der Waals surface area contributed by atoms with Crippen LogP contribution in [-0.2, 0) is 4.74 Å². The van der Waals surface area contributed by atoms with Gasteiger partial charge in [0, 0.05) is 7.11 Å². The highest BCUT2D eigenvalue weighted by atomic mass is 16.5. The Morgan fingerprint density at radius 2 is 2.00 bits per heavy atom. The van der Waals surface area contributed by atoms with Gasteiger partial charge in [-0.25, -0.2) is 5.01 Å². The summed E-state index contributed by atoms with van der Waals surface area (Å²) in [6.07, 6.45) is 0. The van der Waals surface area contributed by atoms with Crippen LogP contribution in [0.15, 0.2) is 5.29 Å². The van der Waals surface area contributed by atoms with E-state index >= 15 is 0 Å². The van der Waals surface area contributed by atoms with Gasteiger partial charge in [0.25, 0.3) is 0 Å². The average molecular weight is 146 g/mol. The molecular weight excluding hydrogens is 132 g/mol. The maximum Gasteiger partial charge on any atom is 0.138 e. The number of rotatable bonds is 3. The van der Waals surface area contributed by atoms with Crippen molar-refractivity contribution in [2.45, 2.75) is 26.3 Å². The highest BCUT2D eigenvalue weighted by molar-refractivity contribution is 4.69. The molecule has 0 N–H and O–H groups in total. The predicted molar refractivity (Wildman–Crippen MR) is 39.3 cm³/mol. The summed E-state index contributed by atoms with van der Waals surface area (Å²) in [6, 6.07) is 0. The molecule has 0 aliphatic carbocycles. The fourth-order valence-corrected chi connectivity index (χ4v) is 0.462. The van der Waals surface area contributed by atoms with Gasteiger partial charge in [-0.15, -0.1) is 4.91 Å². The normalized spacial score (nSPS) is 11.2. The van der Waals surface area contributed by atoms with Gasteiger partial charge in [-0.2, -0.15) is 0 Å². The fourth-order valence-electron chi connectivity index (χ4n) is 0.462. The van der Waals surface area contributed by atoms with Crippen molar-refractivity contribution in [2.24, 2.45) is 5.29 Å². The van der Waals surface area contributed by atoms with Crippen molar-refractivity contribution in [3.63, 3.8) is 0 Å². The van der Waals surface area contributed by atoms with Gasteiger partial charge in [-0.3, -0.25) is 0 Å². The van der Waals surface area contributed by atoms with Crippen LogP contribution < -0.4 is 0 Å². The minimum atomic E-state index is -0.252. The van der Waals surface area contributed by atoms with E-state index in [0.717, 1.165) is 0 Å². The first-order valence-corrected chi connectivity index (χ1v) is 3.12. The molecule has 10 heavy (non-hydrogen) atoms. The second-order valence-electron chi connectivity index (χ2n) is 3.07. The Morgan fingerprint density at radius 1 is 1.50 bits per heavy atom. The van der Waals surface area contributed by atoms with E-state index in [-0.39, 0.29) is 12.3 Å². The van der Waals surface area contributed by atoms with E-state index in [1.54, 1.807) is 0 Å². The molecule has 0 saturated heterocycles. The summed E-state index contributed by atoms with van der Waals surface area (Å²) in [4.78, 5) is 10.1. The van der Waals surface area contributed by atoms with Gasteiger partial charge in [0.1, 0.15) is 6.73 Å². The van der Waals surface area contributed by atoms with E-state index in [4.69, 9.17) is 4.74 Å². The fraction of sp³-hybridized carbons (Fsp3) is 1.00. The number of nitrogens with zero attached hydrogens (tertiary/aromatic N) is 2. The van der Waals surface area contributed by atoms with Crippen LogP contribution in [0.5, 0.6) is 0 Å². The summed E-state index contributed by atoms with van der Waals surface area (Å²) in [5, 5.41) is 4.15. The summed E-state index contributed by atoms with van der Waals surface area (Å²) < 4.78 is 4.75. The summed E-state index contributed by atoms with van der Waals surface area (Å²) in [7, 11) is 1.53. The molecule has 0 amide bonds. The van der Waals surface area contributed by atoms with Crippen molar-refractivity contribution in [1.82, 2.24) is 5.01 Å². The predicted octanol–water partition coefficient (Wildman–Crippen LogP) is 1.37. The number of hydrogen-bond donors (Lipinski definition) is 0. The summed E-state index contributed by atoms with van der Waals surface area (Å²) >= 11 is 0. The number of ether oxygens (including phenoxy) is 1. The minimum absolute atomic E-state index is 0.243. The van der Waals surface area contributed by atoms with Crippen LogP contribution in [0.25, 0.3) is 0 Å². The minimum Gasteiger partial charge on any atom is -0.363 e. The molecular formula is C6H14N2O2. The third-order valence-corrected chi connectivity index (χ3v) is 1.12. The summed E-state index contributed by atoms with van der Waals surface area (Å²) in [5.74, 6) is 0. The lowest BCUT2D eigenvalue weighted by Gasteiger charge is -2.28. The molecule has 4 nitrogen and oxygen atoms in total. The lowest BCUT2D eigenvalue weighted by atomic mass is 10.1. The Kier molecular flexibility index (Phi) is 3.28. The molecule has 0 unspecified atom stereocenters. The second-order valence-corrected chi connectivity index (χ2v) is 3.07. The molecule has 0 atom stereocenters. The van der Waals surface area contributed by atoms with Gasteiger partial charge >= 0.3 is 0 Å². The summed E-state index contributed by atoms with van der Waals surface area (Å²) in [5.41, 5.74) is -0.252. The van der Waals surface area contributed by atoms with Gasteiger partial charge in [-0.05, 0) is 20.8 Å². The molecule has 0 spiro atoms. The molecule has 0 aliphatic heterocycles. The van der Waals surface area contributed by atoms with Crippen molar-refractivity contribution in [2.75, 3.05) is 13.8 Å². The van der Waals surface area contributed by atoms with Crippen molar-refractivity contribution >= 4 is 0 Å². The highest BCUT2D eigenvalue weighted by Gasteiger charge is 2.19. The van der Waals surface area contributed by atoms with Crippen molar-refractivity contribution in [3.8, 4) is 0 Å². The zero-order valence-corrected chi connectivity index (χ0v) is 6.92. The Morgan fingerprint density at radius 3 is 2.10 bits per heavy atom. The zero-order chi connectivity index (χ0) is 8.20. The van der Waals surface area contributed by atoms with E-state index < -0.39 is 0 Å². The van der Waals surface area contributed by atoms with Crippen LogP contribution >= 0.6 is 0 Å². The first-order valence-electron chi connectivity index (χ1n) is 3.12. The molecule has 0 aromatic carbocycles. The van der Waals surface area contributed by atoms with Crippen LogP contribution in [0.3, 0.4) is 0 Å². The Balaban J connectivity index is 3.93. The third-order valence-electron chi connectivity index (χ3n) is 1.12. The molecule has 0 rings (SSSR count). The zero-order valence-electron chi connectivity index (χ0n) is 6.92. The molecule has 4 heteroatoms. The number of hydrogen-bond acceptors (Lipinski definition) is 3. The lowest BCUT2D eigenvalue weighted by molar-refractivity contribution is 0.00574. The quantitative estimate of drug-likeness (QED) is 0.343. The maximum absolute atomic E-state index is 10.1. The molecule has 60 valence electrons. The highest BCUT2D eigenvalue weighted by Crippen LogP contribution is 2.12. The van der Waals surface area contributed by atoms with Crippen LogP contribution in [0, 0.1) is 4.91 Å².